The van der Waals surface area contributed by atoms with E-state index in [0.29, 0.717) is 55.8 Å². The highest BCUT2D eigenvalue weighted by atomic mass is 16.5. The topological polar surface area (TPSA) is 104 Å². The molecular weight excluding hydrogens is 402 g/mol. The third kappa shape index (κ3) is 5.96. The molecule has 1 aliphatic heterocycles. The van der Waals surface area contributed by atoms with Crippen molar-refractivity contribution in [2.45, 2.75) is 39.0 Å². The second-order valence-electron chi connectivity index (χ2n) is 7.38. The molecule has 1 saturated heterocycles. The molecular formula is C22H29N3O6. The van der Waals surface area contributed by atoms with Gasteiger partial charge in [0.1, 0.15) is 11.5 Å². The first-order chi connectivity index (χ1) is 15.0. The summed E-state index contributed by atoms with van der Waals surface area (Å²) in [6.07, 6.45) is 2.54. The minimum Gasteiger partial charge on any atom is -0.497 e. The summed E-state index contributed by atoms with van der Waals surface area (Å²) in [7, 11) is 3.20. The fraction of sp³-hybridized carbons (Fsp3) is 0.545. The lowest BCUT2D eigenvalue weighted by atomic mass is 9.98. The predicted molar refractivity (Wildman–Crippen MR) is 111 cm³/mol. The van der Waals surface area contributed by atoms with Crippen molar-refractivity contribution in [3.8, 4) is 11.5 Å². The maximum Gasteiger partial charge on any atom is 0.310 e. The highest BCUT2D eigenvalue weighted by molar-refractivity contribution is 5.78. The lowest BCUT2D eigenvalue weighted by Gasteiger charge is -2.31. The van der Waals surface area contributed by atoms with Crippen molar-refractivity contribution in [1.29, 1.82) is 0 Å². The first-order valence-electron chi connectivity index (χ1n) is 10.5. The van der Waals surface area contributed by atoms with Crippen LogP contribution in [0.4, 0.5) is 0 Å². The van der Waals surface area contributed by atoms with Crippen LogP contribution >= 0.6 is 0 Å². The number of rotatable bonds is 9. The molecule has 1 fully saturated rings. The highest BCUT2D eigenvalue weighted by Gasteiger charge is 2.29. The number of carbonyl (C=O) groups is 2. The number of amides is 1. The van der Waals surface area contributed by atoms with Gasteiger partial charge in [-0.25, -0.2) is 0 Å². The predicted octanol–water partition coefficient (Wildman–Crippen LogP) is 2.41. The largest absolute Gasteiger partial charge is 0.497 e. The van der Waals surface area contributed by atoms with Crippen LogP contribution < -0.4 is 9.47 Å². The molecule has 2 aromatic rings. The maximum absolute atomic E-state index is 12.6. The summed E-state index contributed by atoms with van der Waals surface area (Å²) in [6.45, 7) is 3.19. The molecule has 9 heteroatoms. The molecule has 0 saturated carbocycles. The summed E-state index contributed by atoms with van der Waals surface area (Å²) in [4.78, 5) is 26.3. The summed E-state index contributed by atoms with van der Waals surface area (Å²) >= 11 is 0. The Morgan fingerprint density at radius 3 is 2.74 bits per heavy atom. The Balaban J connectivity index is 1.54. The fourth-order valence-electron chi connectivity index (χ4n) is 3.67. The quantitative estimate of drug-likeness (QED) is 0.558. The van der Waals surface area contributed by atoms with Crippen LogP contribution in [0.2, 0.25) is 0 Å². The van der Waals surface area contributed by atoms with E-state index in [1.54, 1.807) is 26.0 Å². The van der Waals surface area contributed by atoms with Gasteiger partial charge in [-0.3, -0.25) is 9.59 Å². The summed E-state index contributed by atoms with van der Waals surface area (Å²) in [5.74, 6) is 1.77. The van der Waals surface area contributed by atoms with Crippen LogP contribution in [0, 0.1) is 5.92 Å². The minimum atomic E-state index is -0.245. The maximum atomic E-state index is 12.6. The summed E-state index contributed by atoms with van der Waals surface area (Å²) < 4.78 is 21.5. The van der Waals surface area contributed by atoms with Crippen molar-refractivity contribution >= 4 is 11.9 Å². The van der Waals surface area contributed by atoms with E-state index in [2.05, 4.69) is 10.2 Å². The number of likely N-dealkylation sites (tertiary alicyclic amines) is 1. The lowest BCUT2D eigenvalue weighted by Crippen LogP contribution is -2.42. The van der Waals surface area contributed by atoms with E-state index in [-0.39, 0.29) is 24.2 Å². The van der Waals surface area contributed by atoms with Crippen molar-refractivity contribution < 1.29 is 28.2 Å². The van der Waals surface area contributed by atoms with Gasteiger partial charge in [0.25, 0.3) is 0 Å². The Morgan fingerprint density at radius 2 is 2.00 bits per heavy atom. The number of esters is 1. The van der Waals surface area contributed by atoms with Crippen LogP contribution in [0.15, 0.2) is 22.6 Å². The number of nitrogens with zero attached hydrogens (tertiary/aromatic N) is 3. The number of methoxy groups -OCH3 is 2. The molecule has 0 radical (unpaired) electrons. The number of aromatic nitrogens is 2. The van der Waals surface area contributed by atoms with Gasteiger partial charge in [0.2, 0.25) is 17.7 Å². The van der Waals surface area contributed by atoms with Crippen LogP contribution in [0.5, 0.6) is 11.5 Å². The molecule has 1 amide bonds. The molecule has 1 aromatic carbocycles. The first-order valence-corrected chi connectivity index (χ1v) is 10.5. The van der Waals surface area contributed by atoms with E-state index in [0.717, 1.165) is 18.4 Å². The van der Waals surface area contributed by atoms with Gasteiger partial charge in [-0.05, 0) is 38.0 Å². The van der Waals surface area contributed by atoms with Crippen LogP contribution in [-0.4, -0.2) is 60.9 Å². The normalized spacial score (nSPS) is 16.1. The average molecular weight is 431 g/mol. The standard InChI is InChI=1S/C22H29N3O6/c1-4-30-22(27)15-6-5-11-25(14-15)21(26)10-9-19-23-24-20(31-19)13-16-12-17(28-2)7-8-18(16)29-3/h7-8,12,15H,4-6,9-11,13-14H2,1-3H3/t15-/m1/s1. The number of hydrogen-bond donors (Lipinski definition) is 0. The fourth-order valence-corrected chi connectivity index (χ4v) is 3.67. The Kier molecular flexibility index (Phi) is 7.86. The van der Waals surface area contributed by atoms with Crippen LogP contribution in [-0.2, 0) is 27.2 Å². The molecule has 31 heavy (non-hydrogen) atoms. The molecule has 0 spiro atoms. The van der Waals surface area contributed by atoms with Gasteiger partial charge in [0.05, 0.1) is 33.2 Å². The molecule has 0 unspecified atom stereocenters. The third-order valence-corrected chi connectivity index (χ3v) is 5.28. The van der Waals surface area contributed by atoms with E-state index >= 15 is 0 Å². The zero-order valence-electron chi connectivity index (χ0n) is 18.3. The van der Waals surface area contributed by atoms with Crippen molar-refractivity contribution in [2.24, 2.45) is 5.92 Å². The SMILES string of the molecule is CCOC(=O)[C@@H]1CCCN(C(=O)CCc2nnc(Cc3cc(OC)ccc3OC)o2)C1. The minimum absolute atomic E-state index is 0.0248. The molecule has 1 aromatic heterocycles. The number of ether oxygens (including phenoxy) is 3. The second-order valence-corrected chi connectivity index (χ2v) is 7.38. The smallest absolute Gasteiger partial charge is 0.310 e. The molecule has 3 rings (SSSR count). The summed E-state index contributed by atoms with van der Waals surface area (Å²) in [6, 6.07) is 5.51. The number of aryl methyl sites for hydroxylation is 1. The summed E-state index contributed by atoms with van der Waals surface area (Å²) in [5, 5.41) is 8.15. The van der Waals surface area contributed by atoms with Gasteiger partial charge in [-0.2, -0.15) is 0 Å². The number of carbonyl (C=O) groups excluding carboxylic acids is 2. The first kappa shape index (κ1) is 22.6. The number of piperidine rings is 1. The molecule has 1 aliphatic rings. The Bertz CT molecular complexity index is 897. The molecule has 1 atom stereocenters. The van der Waals surface area contributed by atoms with E-state index in [1.807, 2.05) is 18.2 Å². The van der Waals surface area contributed by atoms with Gasteiger partial charge in [0.15, 0.2) is 0 Å². The van der Waals surface area contributed by atoms with Gasteiger partial charge in [-0.1, -0.05) is 0 Å². The van der Waals surface area contributed by atoms with Crippen molar-refractivity contribution in [3.63, 3.8) is 0 Å². The van der Waals surface area contributed by atoms with Crippen molar-refractivity contribution in [1.82, 2.24) is 15.1 Å². The average Bonchev–Trinajstić information content (AvgIpc) is 3.24. The molecule has 0 aliphatic carbocycles. The zero-order valence-corrected chi connectivity index (χ0v) is 18.3. The van der Waals surface area contributed by atoms with Crippen LogP contribution in [0.3, 0.4) is 0 Å². The molecule has 9 nitrogen and oxygen atoms in total. The Labute approximate surface area is 181 Å². The van der Waals surface area contributed by atoms with Gasteiger partial charge >= 0.3 is 5.97 Å². The van der Waals surface area contributed by atoms with Gasteiger partial charge < -0.3 is 23.5 Å². The van der Waals surface area contributed by atoms with E-state index in [1.165, 1.54) is 0 Å². The third-order valence-electron chi connectivity index (χ3n) is 5.28. The van der Waals surface area contributed by atoms with Crippen LogP contribution in [0.1, 0.15) is 43.5 Å². The van der Waals surface area contributed by atoms with Crippen LogP contribution in [0.25, 0.3) is 0 Å². The zero-order chi connectivity index (χ0) is 22.2. The molecule has 2 heterocycles. The van der Waals surface area contributed by atoms with Crippen molar-refractivity contribution in [2.75, 3.05) is 33.9 Å². The van der Waals surface area contributed by atoms with Gasteiger partial charge in [-0.15, -0.1) is 10.2 Å². The summed E-state index contributed by atoms with van der Waals surface area (Å²) in [5.41, 5.74) is 0.867. The van der Waals surface area contributed by atoms with Gasteiger partial charge in [0, 0.05) is 31.5 Å². The van der Waals surface area contributed by atoms with Crippen molar-refractivity contribution in [3.05, 3.63) is 35.5 Å². The second kappa shape index (κ2) is 10.8. The number of hydrogen-bond acceptors (Lipinski definition) is 8. The molecule has 0 bridgehead atoms. The van der Waals surface area contributed by atoms with E-state index in [4.69, 9.17) is 18.6 Å². The van der Waals surface area contributed by atoms with E-state index in [9.17, 15) is 9.59 Å². The molecule has 168 valence electrons. The monoisotopic (exact) mass is 431 g/mol. The van der Waals surface area contributed by atoms with E-state index < -0.39 is 0 Å². The molecule has 0 N–H and O–H groups in total. The number of benzene rings is 1. The highest BCUT2D eigenvalue weighted by Crippen LogP contribution is 2.26. The lowest BCUT2D eigenvalue weighted by molar-refractivity contribution is -0.151. The Morgan fingerprint density at radius 1 is 1.19 bits per heavy atom. The Hall–Kier alpha value is -3.10.